The molecule has 2 aromatic rings. The predicted octanol–water partition coefficient (Wildman–Crippen LogP) is 2.04. The zero-order valence-corrected chi connectivity index (χ0v) is 15.3. The highest BCUT2D eigenvalue weighted by molar-refractivity contribution is 5.97. The van der Waals surface area contributed by atoms with Crippen LogP contribution in [0.3, 0.4) is 0 Å². The third kappa shape index (κ3) is 2.87. The van der Waals surface area contributed by atoms with Crippen molar-refractivity contribution < 1.29 is 4.79 Å². The second-order valence-electron chi connectivity index (χ2n) is 7.29. The molecule has 8 heteroatoms. The number of carbonyl (C=O) groups excluding carboxylic acids is 1. The van der Waals surface area contributed by atoms with Gasteiger partial charge in [-0.2, -0.15) is 0 Å². The summed E-state index contributed by atoms with van der Waals surface area (Å²) in [5.41, 5.74) is 6.08. The van der Waals surface area contributed by atoms with Crippen molar-refractivity contribution in [1.29, 1.82) is 0 Å². The molecule has 1 spiro atoms. The summed E-state index contributed by atoms with van der Waals surface area (Å²) < 4.78 is 1.59. The summed E-state index contributed by atoms with van der Waals surface area (Å²) >= 11 is 0. The van der Waals surface area contributed by atoms with E-state index in [0.29, 0.717) is 35.4 Å². The molecular formula is C19H22N6O2. The lowest BCUT2D eigenvalue weighted by molar-refractivity contribution is 0.0934. The fourth-order valence-electron chi connectivity index (χ4n) is 3.87. The molecular weight excluding hydrogens is 344 g/mol. The number of hydrogen-bond donors (Lipinski definition) is 3. The number of anilines is 3. The van der Waals surface area contributed by atoms with Gasteiger partial charge in [-0.15, -0.1) is 0 Å². The molecule has 27 heavy (non-hydrogen) atoms. The Hall–Kier alpha value is -3.16. The summed E-state index contributed by atoms with van der Waals surface area (Å²) in [6.45, 7) is 3.96. The molecule has 1 aliphatic heterocycles. The number of nitrogens with zero attached hydrogens (tertiary/aromatic N) is 3. The van der Waals surface area contributed by atoms with E-state index in [-0.39, 0.29) is 11.5 Å². The van der Waals surface area contributed by atoms with Gasteiger partial charge in [0.2, 0.25) is 0 Å². The van der Waals surface area contributed by atoms with Crippen LogP contribution in [0.4, 0.5) is 17.3 Å². The van der Waals surface area contributed by atoms with Gasteiger partial charge in [0.1, 0.15) is 35.0 Å². The Bertz CT molecular complexity index is 1010. The molecule has 0 radical (unpaired) electrons. The van der Waals surface area contributed by atoms with Gasteiger partial charge in [-0.25, -0.2) is 9.97 Å². The molecule has 0 aromatic carbocycles. The number of amides is 1. The maximum Gasteiger partial charge on any atom is 0.277 e. The third-order valence-electron chi connectivity index (χ3n) is 5.20. The molecule has 8 nitrogen and oxygen atoms in total. The van der Waals surface area contributed by atoms with Crippen LogP contribution in [0.2, 0.25) is 0 Å². The number of aryl methyl sites for hydroxylation is 1. The van der Waals surface area contributed by atoms with E-state index in [2.05, 4.69) is 33.6 Å². The first-order valence-electron chi connectivity index (χ1n) is 9.03. The summed E-state index contributed by atoms with van der Waals surface area (Å²) in [5.74, 6) is 0.921. The first-order chi connectivity index (χ1) is 12.9. The number of nitrogens with one attached hydrogen (secondary N) is 2. The molecule has 0 bridgehead atoms. The first kappa shape index (κ1) is 17.3. The van der Waals surface area contributed by atoms with Crippen molar-refractivity contribution >= 4 is 23.2 Å². The fraction of sp³-hybridized carbons (Fsp3) is 0.368. The van der Waals surface area contributed by atoms with Crippen LogP contribution in [0.1, 0.15) is 42.2 Å². The fourth-order valence-corrected chi connectivity index (χ4v) is 3.87. The largest absolute Gasteiger partial charge is 0.384 e. The van der Waals surface area contributed by atoms with Gasteiger partial charge in [-0.3, -0.25) is 14.2 Å². The van der Waals surface area contributed by atoms with Crippen LogP contribution >= 0.6 is 0 Å². The Morgan fingerprint density at radius 3 is 2.93 bits per heavy atom. The standard InChI is InChI=1S/C19H22N6O2/c1-11-4-3-6-19(7-5-11)24-17(26)16-12(2)8-13(18(27)25(16)19)23-15-9-14(20)21-10-22-15/h5,7-11H,3-4,6H2,1-2H3,(H,24,26)(H3,20,21,22,23). The topological polar surface area (TPSA) is 115 Å². The quantitative estimate of drug-likeness (QED) is 0.701. The van der Waals surface area contributed by atoms with Crippen LogP contribution in [-0.4, -0.2) is 20.4 Å². The lowest BCUT2D eigenvalue weighted by Crippen LogP contribution is -2.45. The zero-order chi connectivity index (χ0) is 19.2. The average molecular weight is 366 g/mol. The summed E-state index contributed by atoms with van der Waals surface area (Å²) in [5, 5.41) is 6.06. The lowest BCUT2D eigenvalue weighted by atomic mass is 10.0. The molecule has 140 valence electrons. The van der Waals surface area contributed by atoms with Gasteiger partial charge in [0, 0.05) is 6.07 Å². The normalized spacial score (nSPS) is 23.8. The van der Waals surface area contributed by atoms with E-state index in [1.807, 2.05) is 13.0 Å². The highest BCUT2D eigenvalue weighted by atomic mass is 16.2. The number of fused-ring (bicyclic) bond motifs is 2. The van der Waals surface area contributed by atoms with Crippen molar-refractivity contribution in [2.75, 3.05) is 11.1 Å². The second-order valence-corrected chi connectivity index (χ2v) is 7.29. The van der Waals surface area contributed by atoms with Gasteiger partial charge in [-0.05, 0) is 49.8 Å². The summed E-state index contributed by atoms with van der Waals surface area (Å²) in [4.78, 5) is 33.9. The van der Waals surface area contributed by atoms with E-state index in [4.69, 9.17) is 5.73 Å². The van der Waals surface area contributed by atoms with Crippen LogP contribution in [0.25, 0.3) is 0 Å². The minimum absolute atomic E-state index is 0.221. The Labute approximate surface area is 156 Å². The minimum Gasteiger partial charge on any atom is -0.384 e. The molecule has 0 fully saturated rings. The van der Waals surface area contributed by atoms with Crippen LogP contribution < -0.4 is 21.9 Å². The molecule has 2 unspecified atom stereocenters. The van der Waals surface area contributed by atoms with Crippen molar-refractivity contribution in [3.8, 4) is 0 Å². The van der Waals surface area contributed by atoms with Crippen molar-refractivity contribution in [2.24, 2.45) is 5.92 Å². The van der Waals surface area contributed by atoms with Gasteiger partial charge >= 0.3 is 0 Å². The molecule has 1 amide bonds. The summed E-state index contributed by atoms with van der Waals surface area (Å²) in [6.07, 6.45) is 7.99. The molecule has 1 aliphatic carbocycles. The molecule has 2 aromatic heterocycles. The van der Waals surface area contributed by atoms with Crippen molar-refractivity contribution in [2.45, 2.75) is 38.8 Å². The first-order valence-corrected chi connectivity index (χ1v) is 9.03. The van der Waals surface area contributed by atoms with Crippen molar-refractivity contribution in [3.05, 3.63) is 52.2 Å². The van der Waals surface area contributed by atoms with Crippen molar-refractivity contribution in [3.63, 3.8) is 0 Å². The summed E-state index contributed by atoms with van der Waals surface area (Å²) in [6, 6.07) is 3.23. The Kier molecular flexibility index (Phi) is 3.98. The van der Waals surface area contributed by atoms with E-state index in [0.717, 1.165) is 18.4 Å². The van der Waals surface area contributed by atoms with Gasteiger partial charge in [0.25, 0.3) is 11.5 Å². The molecule has 2 atom stereocenters. The highest BCUT2D eigenvalue weighted by Crippen LogP contribution is 2.34. The molecule has 0 saturated carbocycles. The molecule has 3 heterocycles. The van der Waals surface area contributed by atoms with Gasteiger partial charge in [0.05, 0.1) is 0 Å². The average Bonchev–Trinajstić information content (AvgIpc) is 2.78. The number of hydrogen-bond acceptors (Lipinski definition) is 6. The molecule has 4 rings (SSSR count). The molecule has 4 N–H and O–H groups in total. The van der Waals surface area contributed by atoms with E-state index in [1.54, 1.807) is 16.7 Å². The SMILES string of the molecule is Cc1cc(Nc2cc(N)ncn2)c(=O)n2c1C(=O)NC21C=CC(C)CCC1. The number of nitrogens with two attached hydrogens (primary N) is 1. The summed E-state index contributed by atoms with van der Waals surface area (Å²) in [7, 11) is 0. The van der Waals surface area contributed by atoms with Gasteiger partial charge in [0.15, 0.2) is 0 Å². The smallest absolute Gasteiger partial charge is 0.277 e. The zero-order valence-electron chi connectivity index (χ0n) is 15.3. The van der Waals surface area contributed by atoms with E-state index < -0.39 is 5.66 Å². The van der Waals surface area contributed by atoms with Crippen LogP contribution in [0, 0.1) is 12.8 Å². The maximum absolute atomic E-state index is 13.3. The Morgan fingerprint density at radius 1 is 1.33 bits per heavy atom. The third-order valence-corrected chi connectivity index (χ3v) is 5.20. The van der Waals surface area contributed by atoms with Crippen LogP contribution in [0.5, 0.6) is 0 Å². The van der Waals surface area contributed by atoms with Crippen molar-refractivity contribution in [1.82, 2.24) is 19.9 Å². The highest BCUT2D eigenvalue weighted by Gasteiger charge is 2.43. The number of allylic oxidation sites excluding steroid dienone is 1. The number of pyridine rings is 1. The Morgan fingerprint density at radius 2 is 2.15 bits per heavy atom. The van der Waals surface area contributed by atoms with Crippen LogP contribution in [0.15, 0.2) is 35.4 Å². The van der Waals surface area contributed by atoms with E-state index in [1.165, 1.54) is 6.33 Å². The number of carbonyl (C=O) groups is 1. The molecule has 0 saturated heterocycles. The predicted molar refractivity (Wildman–Crippen MR) is 103 cm³/mol. The number of nitrogen functional groups attached to an aromatic ring is 1. The van der Waals surface area contributed by atoms with Gasteiger partial charge < -0.3 is 16.4 Å². The number of rotatable bonds is 2. The number of aromatic nitrogens is 3. The maximum atomic E-state index is 13.3. The monoisotopic (exact) mass is 366 g/mol. The van der Waals surface area contributed by atoms with Crippen LogP contribution in [-0.2, 0) is 5.66 Å². The second kappa shape index (κ2) is 6.22. The van der Waals surface area contributed by atoms with E-state index in [9.17, 15) is 9.59 Å². The minimum atomic E-state index is -0.818. The molecule has 2 aliphatic rings. The van der Waals surface area contributed by atoms with Gasteiger partial charge in [-0.1, -0.05) is 13.0 Å². The lowest BCUT2D eigenvalue weighted by Gasteiger charge is -2.28. The van der Waals surface area contributed by atoms with E-state index >= 15 is 0 Å². The Balaban J connectivity index is 1.86.